The molecular weight excluding hydrogens is 420 g/mol. The number of carbonyl (C=O) groups excluding carboxylic acids is 1. The lowest BCUT2D eigenvalue weighted by atomic mass is 10.2. The molecule has 8 heteroatoms. The molecule has 1 N–H and O–H groups in total. The number of likely N-dealkylation sites (N-methyl/N-ethyl adjacent to an activating group) is 1. The van der Waals surface area contributed by atoms with Gasteiger partial charge in [0.25, 0.3) is 0 Å². The predicted octanol–water partition coefficient (Wildman–Crippen LogP) is 3.51. The summed E-state index contributed by atoms with van der Waals surface area (Å²) in [4.78, 5) is 17.6. The molecule has 0 radical (unpaired) electrons. The lowest BCUT2D eigenvalue weighted by molar-refractivity contribution is -0.113. The zero-order chi connectivity index (χ0) is 22.3. The number of aryl methyl sites for hydroxylation is 1. The van der Waals surface area contributed by atoms with Crippen molar-refractivity contribution in [1.29, 1.82) is 0 Å². The van der Waals surface area contributed by atoms with Gasteiger partial charge in [-0.3, -0.25) is 4.79 Å². The smallest absolute Gasteiger partial charge is 0.234 e. The Kier molecular flexibility index (Phi) is 7.44. The van der Waals surface area contributed by atoms with Gasteiger partial charge in [-0.2, -0.15) is 0 Å². The summed E-state index contributed by atoms with van der Waals surface area (Å²) in [5.41, 5.74) is 3.13. The standard InChI is InChI=1S/C24H30N6OS/c1-3-28-13-15-29(16-14-28)22-12-8-7-11-21(22)25-23(31)18-32-24-27-26-19(2)30(24)17-20-9-5-4-6-10-20/h4-12H,3,13-18H2,1-2H3,(H,25,31). The van der Waals surface area contributed by atoms with E-state index in [0.29, 0.717) is 6.54 Å². The highest BCUT2D eigenvalue weighted by atomic mass is 32.2. The van der Waals surface area contributed by atoms with Gasteiger partial charge in [-0.1, -0.05) is 61.2 Å². The van der Waals surface area contributed by atoms with Crippen molar-refractivity contribution >= 4 is 29.0 Å². The number of nitrogens with zero attached hydrogens (tertiary/aromatic N) is 5. The molecule has 1 aliphatic heterocycles. The molecule has 32 heavy (non-hydrogen) atoms. The molecule has 0 aliphatic carbocycles. The molecule has 1 aromatic heterocycles. The lowest BCUT2D eigenvalue weighted by Crippen LogP contribution is -2.46. The van der Waals surface area contributed by atoms with Crippen LogP contribution in [0.15, 0.2) is 59.8 Å². The van der Waals surface area contributed by atoms with Crippen LogP contribution in [0.5, 0.6) is 0 Å². The lowest BCUT2D eigenvalue weighted by Gasteiger charge is -2.36. The molecule has 0 unspecified atom stereocenters. The van der Waals surface area contributed by atoms with Crippen molar-refractivity contribution in [1.82, 2.24) is 19.7 Å². The molecule has 168 valence electrons. The van der Waals surface area contributed by atoms with Gasteiger partial charge in [0.05, 0.1) is 23.7 Å². The number of nitrogens with one attached hydrogen (secondary N) is 1. The highest BCUT2D eigenvalue weighted by Crippen LogP contribution is 2.27. The summed E-state index contributed by atoms with van der Waals surface area (Å²) < 4.78 is 2.05. The number of rotatable bonds is 8. The van der Waals surface area contributed by atoms with Crippen LogP contribution in [0.2, 0.25) is 0 Å². The molecule has 7 nitrogen and oxygen atoms in total. The summed E-state index contributed by atoms with van der Waals surface area (Å²) in [6, 6.07) is 18.3. The maximum Gasteiger partial charge on any atom is 0.234 e. The van der Waals surface area contributed by atoms with Crippen LogP contribution in [-0.4, -0.2) is 64.0 Å². The van der Waals surface area contributed by atoms with Crippen LogP contribution in [0.3, 0.4) is 0 Å². The van der Waals surface area contributed by atoms with Gasteiger partial charge in [-0.25, -0.2) is 0 Å². The van der Waals surface area contributed by atoms with E-state index in [1.165, 1.54) is 17.3 Å². The molecule has 1 saturated heterocycles. The molecule has 0 bridgehead atoms. The van der Waals surface area contributed by atoms with Crippen molar-refractivity contribution in [3.8, 4) is 0 Å². The van der Waals surface area contributed by atoms with E-state index in [1.807, 2.05) is 43.3 Å². The summed E-state index contributed by atoms with van der Waals surface area (Å²) in [5.74, 6) is 1.08. The van der Waals surface area contributed by atoms with Crippen LogP contribution < -0.4 is 10.2 Å². The van der Waals surface area contributed by atoms with Gasteiger partial charge in [0.15, 0.2) is 5.16 Å². The van der Waals surface area contributed by atoms with Gasteiger partial charge >= 0.3 is 0 Å². The molecule has 0 saturated carbocycles. The fourth-order valence-corrected chi connectivity index (χ4v) is 4.68. The predicted molar refractivity (Wildman–Crippen MR) is 130 cm³/mol. The second-order valence-corrected chi connectivity index (χ2v) is 8.82. The number of hydrogen-bond acceptors (Lipinski definition) is 6. The molecule has 1 amide bonds. The van der Waals surface area contributed by atoms with Gasteiger partial charge < -0.3 is 19.7 Å². The van der Waals surface area contributed by atoms with E-state index < -0.39 is 0 Å². The first-order valence-corrected chi connectivity index (χ1v) is 12.1. The third-order valence-electron chi connectivity index (χ3n) is 5.76. The summed E-state index contributed by atoms with van der Waals surface area (Å²) in [6.07, 6.45) is 0. The average Bonchev–Trinajstić information content (AvgIpc) is 3.18. The van der Waals surface area contributed by atoms with E-state index in [9.17, 15) is 4.79 Å². The van der Waals surface area contributed by atoms with E-state index >= 15 is 0 Å². The molecule has 4 rings (SSSR count). The summed E-state index contributed by atoms with van der Waals surface area (Å²) >= 11 is 1.42. The number of aromatic nitrogens is 3. The molecular formula is C24H30N6OS. The van der Waals surface area contributed by atoms with Crippen molar-refractivity contribution in [3.05, 3.63) is 66.0 Å². The number of para-hydroxylation sites is 2. The molecule has 0 spiro atoms. The van der Waals surface area contributed by atoms with Crippen LogP contribution in [0.25, 0.3) is 0 Å². The van der Waals surface area contributed by atoms with E-state index in [4.69, 9.17) is 0 Å². The van der Waals surface area contributed by atoms with Gasteiger partial charge in [0.1, 0.15) is 5.82 Å². The van der Waals surface area contributed by atoms with Gasteiger partial charge in [0, 0.05) is 26.2 Å². The number of anilines is 2. The third kappa shape index (κ3) is 5.49. The number of piperazine rings is 1. The van der Waals surface area contributed by atoms with Crippen molar-refractivity contribution in [3.63, 3.8) is 0 Å². The minimum atomic E-state index is -0.0402. The second-order valence-electron chi connectivity index (χ2n) is 7.88. The highest BCUT2D eigenvalue weighted by Gasteiger charge is 2.19. The molecule has 3 aromatic rings. The highest BCUT2D eigenvalue weighted by molar-refractivity contribution is 7.99. The maximum absolute atomic E-state index is 12.8. The van der Waals surface area contributed by atoms with Crippen molar-refractivity contribution in [2.24, 2.45) is 0 Å². The van der Waals surface area contributed by atoms with Crippen LogP contribution in [0, 0.1) is 6.92 Å². The largest absolute Gasteiger partial charge is 0.367 e. The van der Waals surface area contributed by atoms with Crippen molar-refractivity contribution in [2.45, 2.75) is 25.5 Å². The zero-order valence-corrected chi connectivity index (χ0v) is 19.5. The first-order valence-electron chi connectivity index (χ1n) is 11.1. The summed E-state index contributed by atoms with van der Waals surface area (Å²) in [7, 11) is 0. The van der Waals surface area contributed by atoms with Crippen LogP contribution in [0.4, 0.5) is 11.4 Å². The molecule has 1 aliphatic rings. The van der Waals surface area contributed by atoms with Gasteiger partial charge in [0.2, 0.25) is 5.91 Å². The van der Waals surface area contributed by atoms with Crippen molar-refractivity contribution in [2.75, 3.05) is 48.7 Å². The molecule has 2 aromatic carbocycles. The van der Waals surface area contributed by atoms with Crippen LogP contribution >= 0.6 is 11.8 Å². The normalized spacial score (nSPS) is 14.5. The Morgan fingerprint density at radius 1 is 1.00 bits per heavy atom. The number of thioether (sulfide) groups is 1. The average molecular weight is 451 g/mol. The quantitative estimate of drug-likeness (QED) is 0.530. The van der Waals surface area contributed by atoms with Crippen LogP contribution in [0.1, 0.15) is 18.3 Å². The van der Waals surface area contributed by atoms with Crippen LogP contribution in [-0.2, 0) is 11.3 Å². The zero-order valence-electron chi connectivity index (χ0n) is 18.7. The first kappa shape index (κ1) is 22.4. The topological polar surface area (TPSA) is 66.3 Å². The minimum absolute atomic E-state index is 0.0402. The van der Waals surface area contributed by atoms with E-state index in [0.717, 1.165) is 55.1 Å². The Balaban J connectivity index is 1.38. The van der Waals surface area contributed by atoms with Gasteiger partial charge in [-0.05, 0) is 31.2 Å². The fraction of sp³-hybridized carbons (Fsp3) is 0.375. The second kappa shape index (κ2) is 10.7. The number of benzene rings is 2. The fourth-order valence-electron chi connectivity index (χ4n) is 3.89. The third-order valence-corrected chi connectivity index (χ3v) is 6.72. The van der Waals surface area contributed by atoms with Gasteiger partial charge in [-0.15, -0.1) is 10.2 Å². The first-order chi connectivity index (χ1) is 15.6. The Labute approximate surface area is 193 Å². The summed E-state index contributed by atoms with van der Waals surface area (Å²) in [6.45, 7) is 9.94. The number of amides is 1. The Morgan fingerprint density at radius 2 is 1.72 bits per heavy atom. The molecule has 2 heterocycles. The minimum Gasteiger partial charge on any atom is -0.367 e. The Hall–Kier alpha value is -2.84. The Morgan fingerprint density at radius 3 is 2.47 bits per heavy atom. The Bertz CT molecular complexity index is 1030. The SMILES string of the molecule is CCN1CCN(c2ccccc2NC(=O)CSc2nnc(C)n2Cc2ccccc2)CC1. The van der Waals surface area contributed by atoms with E-state index in [2.05, 4.69) is 55.0 Å². The monoisotopic (exact) mass is 450 g/mol. The molecule has 0 atom stereocenters. The van der Waals surface area contributed by atoms with E-state index in [1.54, 1.807) is 0 Å². The molecule has 1 fully saturated rings. The maximum atomic E-state index is 12.8. The van der Waals surface area contributed by atoms with Crippen molar-refractivity contribution < 1.29 is 4.79 Å². The number of hydrogen-bond donors (Lipinski definition) is 1. The number of carbonyl (C=O) groups is 1. The summed E-state index contributed by atoms with van der Waals surface area (Å²) in [5, 5.41) is 12.4. The van der Waals surface area contributed by atoms with E-state index in [-0.39, 0.29) is 11.7 Å².